The van der Waals surface area contributed by atoms with Crippen LogP contribution in [0.5, 0.6) is 5.75 Å². The Bertz CT molecular complexity index is 754. The standard InChI is InChI=1S/C21H26N2O3/c1-14(2)19(23-20(24)16-11-9-15(3)10-12-16)21(25)22-13-17-7-5-6-8-18(17)26-4/h5-12,14,19H,13H2,1-4H3,(H,22,25)(H,23,24)/t19-/m0/s1. The van der Waals surface area contributed by atoms with Gasteiger partial charge >= 0.3 is 0 Å². The van der Waals surface area contributed by atoms with Crippen LogP contribution in [0.25, 0.3) is 0 Å². The van der Waals surface area contributed by atoms with Crippen molar-refractivity contribution in [2.24, 2.45) is 5.92 Å². The second kappa shape index (κ2) is 9.04. The molecule has 0 aromatic heterocycles. The van der Waals surface area contributed by atoms with Gasteiger partial charge in [-0.3, -0.25) is 9.59 Å². The molecule has 0 saturated carbocycles. The Balaban J connectivity index is 2.03. The van der Waals surface area contributed by atoms with Gasteiger partial charge in [0.25, 0.3) is 5.91 Å². The van der Waals surface area contributed by atoms with Crippen molar-refractivity contribution in [3.05, 3.63) is 65.2 Å². The Morgan fingerprint density at radius 3 is 2.31 bits per heavy atom. The van der Waals surface area contributed by atoms with E-state index in [2.05, 4.69) is 10.6 Å². The second-order valence-electron chi connectivity index (χ2n) is 6.59. The van der Waals surface area contributed by atoms with Crippen molar-refractivity contribution in [2.45, 2.75) is 33.4 Å². The SMILES string of the molecule is COc1ccccc1CNC(=O)[C@@H](NC(=O)c1ccc(C)cc1)C(C)C. The average Bonchev–Trinajstić information content (AvgIpc) is 2.64. The van der Waals surface area contributed by atoms with Crippen LogP contribution in [0.15, 0.2) is 48.5 Å². The molecule has 2 amide bonds. The van der Waals surface area contributed by atoms with Crippen LogP contribution in [0.4, 0.5) is 0 Å². The predicted octanol–water partition coefficient (Wildman–Crippen LogP) is 3.07. The summed E-state index contributed by atoms with van der Waals surface area (Å²) in [4.78, 5) is 25.1. The fourth-order valence-corrected chi connectivity index (χ4v) is 2.61. The summed E-state index contributed by atoms with van der Waals surface area (Å²) < 4.78 is 5.30. The van der Waals surface area contributed by atoms with Crippen molar-refractivity contribution >= 4 is 11.8 Å². The minimum atomic E-state index is -0.612. The number of hydrogen-bond acceptors (Lipinski definition) is 3. The molecular formula is C21H26N2O3. The molecule has 5 heteroatoms. The summed E-state index contributed by atoms with van der Waals surface area (Å²) in [7, 11) is 1.60. The van der Waals surface area contributed by atoms with Gasteiger partial charge in [-0.2, -0.15) is 0 Å². The zero-order valence-corrected chi connectivity index (χ0v) is 15.7. The highest BCUT2D eigenvalue weighted by molar-refractivity contribution is 5.97. The molecule has 1 atom stereocenters. The molecule has 2 aromatic carbocycles. The molecule has 0 aliphatic heterocycles. The molecule has 0 spiro atoms. The summed E-state index contributed by atoms with van der Waals surface area (Å²) in [5.74, 6) is 0.210. The number of carbonyl (C=O) groups excluding carboxylic acids is 2. The molecule has 0 heterocycles. The highest BCUT2D eigenvalue weighted by Gasteiger charge is 2.24. The number of aryl methyl sites for hydroxylation is 1. The van der Waals surface area contributed by atoms with E-state index in [-0.39, 0.29) is 17.7 Å². The molecule has 2 rings (SSSR count). The first-order chi connectivity index (χ1) is 12.4. The lowest BCUT2D eigenvalue weighted by molar-refractivity contribution is -0.124. The van der Waals surface area contributed by atoms with Gasteiger partial charge in [0.1, 0.15) is 11.8 Å². The molecule has 2 aromatic rings. The average molecular weight is 354 g/mol. The Labute approximate surface area is 154 Å². The van der Waals surface area contributed by atoms with E-state index >= 15 is 0 Å². The largest absolute Gasteiger partial charge is 0.496 e. The molecule has 0 bridgehead atoms. The molecule has 0 unspecified atom stereocenters. The first-order valence-electron chi connectivity index (χ1n) is 8.69. The van der Waals surface area contributed by atoms with Crippen LogP contribution < -0.4 is 15.4 Å². The number of methoxy groups -OCH3 is 1. The highest BCUT2D eigenvalue weighted by atomic mass is 16.5. The summed E-state index contributed by atoms with van der Waals surface area (Å²) in [6, 6.07) is 14.2. The lowest BCUT2D eigenvalue weighted by Crippen LogP contribution is -2.49. The maximum absolute atomic E-state index is 12.6. The normalized spacial score (nSPS) is 11.7. The van der Waals surface area contributed by atoms with Gasteiger partial charge in [0.15, 0.2) is 0 Å². The van der Waals surface area contributed by atoms with Crippen molar-refractivity contribution in [2.75, 3.05) is 7.11 Å². The summed E-state index contributed by atoms with van der Waals surface area (Å²) >= 11 is 0. The van der Waals surface area contributed by atoms with Gasteiger partial charge in [0, 0.05) is 17.7 Å². The molecule has 0 fully saturated rings. The minimum absolute atomic E-state index is 0.0398. The first-order valence-corrected chi connectivity index (χ1v) is 8.69. The first kappa shape index (κ1) is 19.5. The van der Waals surface area contributed by atoms with Crippen molar-refractivity contribution in [1.82, 2.24) is 10.6 Å². The minimum Gasteiger partial charge on any atom is -0.496 e. The number of carbonyl (C=O) groups is 2. The third-order valence-electron chi connectivity index (χ3n) is 4.20. The van der Waals surface area contributed by atoms with E-state index in [0.29, 0.717) is 12.1 Å². The fraction of sp³-hybridized carbons (Fsp3) is 0.333. The van der Waals surface area contributed by atoms with E-state index in [0.717, 1.165) is 16.9 Å². The summed E-state index contributed by atoms with van der Waals surface area (Å²) in [5.41, 5.74) is 2.51. The van der Waals surface area contributed by atoms with Gasteiger partial charge < -0.3 is 15.4 Å². The third kappa shape index (κ3) is 5.09. The van der Waals surface area contributed by atoms with E-state index in [1.54, 1.807) is 19.2 Å². The fourth-order valence-electron chi connectivity index (χ4n) is 2.61. The van der Waals surface area contributed by atoms with Crippen LogP contribution in [0.2, 0.25) is 0 Å². The topological polar surface area (TPSA) is 67.4 Å². The Hall–Kier alpha value is -2.82. The molecule has 0 radical (unpaired) electrons. The van der Waals surface area contributed by atoms with Crippen LogP contribution in [-0.4, -0.2) is 25.0 Å². The van der Waals surface area contributed by atoms with Crippen LogP contribution in [0.3, 0.4) is 0 Å². The van der Waals surface area contributed by atoms with Gasteiger partial charge in [-0.05, 0) is 31.0 Å². The highest BCUT2D eigenvalue weighted by Crippen LogP contribution is 2.17. The lowest BCUT2D eigenvalue weighted by Gasteiger charge is -2.22. The van der Waals surface area contributed by atoms with Crippen molar-refractivity contribution in [3.63, 3.8) is 0 Å². The monoisotopic (exact) mass is 354 g/mol. The van der Waals surface area contributed by atoms with Crippen molar-refractivity contribution < 1.29 is 14.3 Å². The Kier molecular flexibility index (Phi) is 6.78. The lowest BCUT2D eigenvalue weighted by atomic mass is 10.0. The molecule has 2 N–H and O–H groups in total. The van der Waals surface area contributed by atoms with Crippen LogP contribution >= 0.6 is 0 Å². The molecule has 5 nitrogen and oxygen atoms in total. The predicted molar refractivity (Wildman–Crippen MR) is 102 cm³/mol. The molecule has 0 aliphatic carbocycles. The van der Waals surface area contributed by atoms with Gasteiger partial charge in [-0.15, -0.1) is 0 Å². The van der Waals surface area contributed by atoms with E-state index in [1.807, 2.05) is 57.2 Å². The number of hydrogen-bond donors (Lipinski definition) is 2. The van der Waals surface area contributed by atoms with E-state index < -0.39 is 6.04 Å². The quantitative estimate of drug-likeness (QED) is 0.803. The zero-order chi connectivity index (χ0) is 19.1. The molecule has 138 valence electrons. The smallest absolute Gasteiger partial charge is 0.251 e. The molecule has 0 saturated heterocycles. The number of rotatable bonds is 7. The van der Waals surface area contributed by atoms with Gasteiger partial charge in [0.05, 0.1) is 7.11 Å². The van der Waals surface area contributed by atoms with Crippen LogP contribution in [-0.2, 0) is 11.3 Å². The number of para-hydroxylation sites is 1. The maximum Gasteiger partial charge on any atom is 0.251 e. The van der Waals surface area contributed by atoms with Crippen molar-refractivity contribution in [3.8, 4) is 5.75 Å². The summed E-state index contributed by atoms with van der Waals surface area (Å²) in [5, 5.41) is 5.72. The summed E-state index contributed by atoms with van der Waals surface area (Å²) in [6.07, 6.45) is 0. The van der Waals surface area contributed by atoms with Crippen LogP contribution in [0, 0.1) is 12.8 Å². The van der Waals surface area contributed by atoms with E-state index in [4.69, 9.17) is 4.74 Å². The molecule has 26 heavy (non-hydrogen) atoms. The molecule has 0 aliphatic rings. The number of ether oxygens (including phenoxy) is 1. The van der Waals surface area contributed by atoms with Gasteiger partial charge in [-0.25, -0.2) is 0 Å². The van der Waals surface area contributed by atoms with E-state index in [9.17, 15) is 9.59 Å². The Morgan fingerprint density at radius 2 is 1.69 bits per heavy atom. The Morgan fingerprint density at radius 1 is 1.04 bits per heavy atom. The second-order valence-corrected chi connectivity index (χ2v) is 6.59. The zero-order valence-electron chi connectivity index (χ0n) is 15.7. The van der Waals surface area contributed by atoms with Gasteiger partial charge in [-0.1, -0.05) is 49.7 Å². The maximum atomic E-state index is 12.6. The third-order valence-corrected chi connectivity index (χ3v) is 4.20. The summed E-state index contributed by atoms with van der Waals surface area (Å²) in [6.45, 7) is 6.11. The number of nitrogens with one attached hydrogen (secondary N) is 2. The number of benzene rings is 2. The van der Waals surface area contributed by atoms with Gasteiger partial charge in [0.2, 0.25) is 5.91 Å². The number of amides is 2. The molecular weight excluding hydrogens is 328 g/mol. The van der Waals surface area contributed by atoms with Crippen molar-refractivity contribution in [1.29, 1.82) is 0 Å². The van der Waals surface area contributed by atoms with E-state index in [1.165, 1.54) is 0 Å². The van der Waals surface area contributed by atoms with Crippen LogP contribution in [0.1, 0.15) is 35.3 Å².